The third kappa shape index (κ3) is 2.42. The number of amides is 1. The molecule has 1 atom stereocenters. The molecule has 1 amide bonds. The molecular formula is C15H14N2O2. The Morgan fingerprint density at radius 2 is 2.05 bits per heavy atom. The number of nitrogens with one attached hydrogen (secondary N) is 1. The van der Waals surface area contributed by atoms with Crippen molar-refractivity contribution < 1.29 is 9.53 Å². The first-order valence-corrected chi connectivity index (χ1v) is 6.24. The molecule has 0 bridgehead atoms. The lowest BCUT2D eigenvalue weighted by Crippen LogP contribution is -2.28. The number of rotatable bonds is 3. The minimum atomic E-state index is -0.0771. The predicted molar refractivity (Wildman–Crippen MR) is 71.2 cm³/mol. The van der Waals surface area contributed by atoms with E-state index in [0.717, 1.165) is 11.3 Å². The van der Waals surface area contributed by atoms with Crippen LogP contribution in [0.2, 0.25) is 0 Å². The van der Waals surface area contributed by atoms with Crippen LogP contribution in [0, 0.1) is 0 Å². The fourth-order valence-corrected chi connectivity index (χ4v) is 2.22. The number of fused-ring (bicyclic) bond motifs is 1. The number of carbonyl (C=O) groups excluding carboxylic acids is 1. The molecule has 1 aromatic carbocycles. The number of ether oxygens (including phenoxy) is 1. The van der Waals surface area contributed by atoms with Gasteiger partial charge in [0, 0.05) is 36.0 Å². The van der Waals surface area contributed by atoms with Gasteiger partial charge in [-0.1, -0.05) is 18.2 Å². The van der Waals surface area contributed by atoms with Crippen molar-refractivity contribution in [3.63, 3.8) is 0 Å². The summed E-state index contributed by atoms with van der Waals surface area (Å²) < 4.78 is 5.59. The first kappa shape index (κ1) is 11.7. The van der Waals surface area contributed by atoms with Crippen molar-refractivity contribution in [2.45, 2.75) is 5.92 Å². The van der Waals surface area contributed by atoms with Crippen molar-refractivity contribution in [2.75, 3.05) is 13.2 Å². The highest BCUT2D eigenvalue weighted by molar-refractivity contribution is 5.94. The maximum atomic E-state index is 11.9. The molecule has 3 rings (SSSR count). The Hall–Kier alpha value is -2.36. The zero-order valence-corrected chi connectivity index (χ0v) is 10.4. The van der Waals surface area contributed by atoms with Crippen LogP contribution >= 0.6 is 0 Å². The van der Waals surface area contributed by atoms with Gasteiger partial charge in [0.05, 0.1) is 6.61 Å². The summed E-state index contributed by atoms with van der Waals surface area (Å²) in [5.41, 5.74) is 1.79. The maximum Gasteiger partial charge on any atom is 0.251 e. The quantitative estimate of drug-likeness (QED) is 0.911. The molecule has 0 aliphatic carbocycles. The molecule has 1 unspecified atom stereocenters. The molecule has 96 valence electrons. The number of aromatic nitrogens is 1. The second kappa shape index (κ2) is 5.10. The van der Waals surface area contributed by atoms with E-state index in [1.54, 1.807) is 24.5 Å². The molecule has 1 aliphatic rings. The van der Waals surface area contributed by atoms with Crippen LogP contribution < -0.4 is 10.1 Å². The van der Waals surface area contributed by atoms with E-state index in [0.29, 0.717) is 18.7 Å². The average Bonchev–Trinajstić information content (AvgIpc) is 2.89. The van der Waals surface area contributed by atoms with Gasteiger partial charge in [0.1, 0.15) is 5.75 Å². The van der Waals surface area contributed by atoms with Gasteiger partial charge >= 0.3 is 0 Å². The maximum absolute atomic E-state index is 11.9. The van der Waals surface area contributed by atoms with Crippen LogP contribution in [0.25, 0.3) is 0 Å². The van der Waals surface area contributed by atoms with Gasteiger partial charge in [-0.3, -0.25) is 9.78 Å². The highest BCUT2D eigenvalue weighted by atomic mass is 16.5. The smallest absolute Gasteiger partial charge is 0.251 e. The molecule has 0 saturated heterocycles. The summed E-state index contributed by atoms with van der Waals surface area (Å²) in [7, 11) is 0. The number of carbonyl (C=O) groups is 1. The molecule has 2 aromatic rings. The van der Waals surface area contributed by atoms with Crippen molar-refractivity contribution in [2.24, 2.45) is 0 Å². The van der Waals surface area contributed by atoms with Crippen LogP contribution in [0.15, 0.2) is 48.8 Å². The number of pyridine rings is 1. The van der Waals surface area contributed by atoms with Crippen LogP contribution in [-0.2, 0) is 0 Å². The highest BCUT2D eigenvalue weighted by Gasteiger charge is 2.23. The lowest BCUT2D eigenvalue weighted by molar-refractivity contribution is 0.0950. The highest BCUT2D eigenvalue weighted by Crippen LogP contribution is 2.32. The normalized spacial score (nSPS) is 16.5. The lowest BCUT2D eigenvalue weighted by Gasteiger charge is -2.10. The van der Waals surface area contributed by atoms with Crippen molar-refractivity contribution in [1.29, 1.82) is 0 Å². The van der Waals surface area contributed by atoms with E-state index in [4.69, 9.17) is 4.74 Å². The minimum Gasteiger partial charge on any atom is -0.493 e. The summed E-state index contributed by atoms with van der Waals surface area (Å²) in [6.07, 6.45) is 3.23. The molecule has 0 saturated carbocycles. The Morgan fingerprint density at radius 3 is 2.89 bits per heavy atom. The third-order valence-electron chi connectivity index (χ3n) is 3.25. The van der Waals surface area contributed by atoms with Crippen LogP contribution in [0.4, 0.5) is 0 Å². The van der Waals surface area contributed by atoms with Gasteiger partial charge in [-0.05, 0) is 18.2 Å². The van der Waals surface area contributed by atoms with Gasteiger partial charge in [-0.2, -0.15) is 0 Å². The molecule has 1 aliphatic heterocycles. The Kier molecular flexibility index (Phi) is 3.14. The standard InChI is InChI=1S/C15H14N2O2/c18-15(11-5-7-16-8-6-11)17-9-12-10-19-14-4-2-1-3-13(12)14/h1-8,12H,9-10H2,(H,17,18). The Morgan fingerprint density at radius 1 is 1.26 bits per heavy atom. The van der Waals surface area contributed by atoms with Crippen LogP contribution in [0.5, 0.6) is 5.75 Å². The van der Waals surface area contributed by atoms with Gasteiger partial charge in [-0.15, -0.1) is 0 Å². The predicted octanol–water partition coefficient (Wildman–Crippen LogP) is 1.99. The monoisotopic (exact) mass is 254 g/mol. The van der Waals surface area contributed by atoms with E-state index in [-0.39, 0.29) is 11.8 Å². The molecular weight excluding hydrogens is 240 g/mol. The van der Waals surface area contributed by atoms with Crippen LogP contribution in [0.3, 0.4) is 0 Å². The first-order valence-electron chi connectivity index (χ1n) is 6.24. The topological polar surface area (TPSA) is 51.2 Å². The van der Waals surface area contributed by atoms with Crippen LogP contribution in [0.1, 0.15) is 21.8 Å². The van der Waals surface area contributed by atoms with Gasteiger partial charge in [-0.25, -0.2) is 0 Å². The fourth-order valence-electron chi connectivity index (χ4n) is 2.22. The molecule has 1 aromatic heterocycles. The molecule has 1 N–H and O–H groups in total. The summed E-state index contributed by atoms with van der Waals surface area (Å²) in [4.78, 5) is 15.8. The fraction of sp³-hybridized carbons (Fsp3) is 0.200. The number of hydrogen-bond donors (Lipinski definition) is 1. The van der Waals surface area contributed by atoms with E-state index >= 15 is 0 Å². The van der Waals surface area contributed by atoms with Crippen molar-refractivity contribution in [1.82, 2.24) is 10.3 Å². The van der Waals surface area contributed by atoms with Gasteiger partial charge < -0.3 is 10.1 Å². The molecule has 19 heavy (non-hydrogen) atoms. The lowest BCUT2D eigenvalue weighted by atomic mass is 10.0. The minimum absolute atomic E-state index is 0.0771. The third-order valence-corrected chi connectivity index (χ3v) is 3.25. The zero-order valence-electron chi connectivity index (χ0n) is 10.4. The van der Waals surface area contributed by atoms with E-state index in [2.05, 4.69) is 10.3 Å². The van der Waals surface area contributed by atoms with Crippen molar-refractivity contribution >= 4 is 5.91 Å². The average molecular weight is 254 g/mol. The summed E-state index contributed by atoms with van der Waals surface area (Å²) in [6.45, 7) is 1.20. The number of hydrogen-bond acceptors (Lipinski definition) is 3. The van der Waals surface area contributed by atoms with E-state index in [1.807, 2.05) is 24.3 Å². The number of benzene rings is 1. The molecule has 0 spiro atoms. The van der Waals surface area contributed by atoms with Gasteiger partial charge in [0.25, 0.3) is 5.91 Å². The van der Waals surface area contributed by atoms with Gasteiger partial charge in [0.2, 0.25) is 0 Å². The molecule has 0 radical (unpaired) electrons. The summed E-state index contributed by atoms with van der Waals surface area (Å²) >= 11 is 0. The largest absolute Gasteiger partial charge is 0.493 e. The van der Waals surface area contributed by atoms with E-state index in [9.17, 15) is 4.79 Å². The van der Waals surface area contributed by atoms with Gasteiger partial charge in [0.15, 0.2) is 0 Å². The summed E-state index contributed by atoms with van der Waals surface area (Å²) in [5.74, 6) is 1.07. The molecule has 0 fully saturated rings. The summed E-state index contributed by atoms with van der Waals surface area (Å²) in [5, 5.41) is 2.94. The number of para-hydroxylation sites is 1. The summed E-state index contributed by atoms with van der Waals surface area (Å²) in [6, 6.07) is 11.4. The Balaban J connectivity index is 1.64. The second-order valence-electron chi connectivity index (χ2n) is 4.49. The second-order valence-corrected chi connectivity index (χ2v) is 4.49. The molecule has 4 heteroatoms. The SMILES string of the molecule is O=C(NCC1COc2ccccc21)c1ccncc1. The molecule has 4 nitrogen and oxygen atoms in total. The van der Waals surface area contributed by atoms with E-state index < -0.39 is 0 Å². The molecule has 2 heterocycles. The Bertz CT molecular complexity index is 584. The zero-order chi connectivity index (χ0) is 13.1. The van der Waals surface area contributed by atoms with Crippen LogP contribution in [-0.4, -0.2) is 24.0 Å². The van der Waals surface area contributed by atoms with E-state index in [1.165, 1.54) is 0 Å². The van der Waals surface area contributed by atoms with Crippen molar-refractivity contribution in [3.8, 4) is 5.75 Å². The Labute approximate surface area is 111 Å². The number of nitrogens with zero attached hydrogens (tertiary/aromatic N) is 1. The van der Waals surface area contributed by atoms with Crippen molar-refractivity contribution in [3.05, 3.63) is 59.9 Å². The first-order chi connectivity index (χ1) is 9.34.